The Kier molecular flexibility index (Phi) is 7.51. The lowest BCUT2D eigenvalue weighted by Gasteiger charge is -2.37. The van der Waals surface area contributed by atoms with Gasteiger partial charge in [-0.05, 0) is 49.1 Å². The van der Waals surface area contributed by atoms with Crippen LogP contribution in [0.1, 0.15) is 43.4 Å². The van der Waals surface area contributed by atoms with Crippen molar-refractivity contribution in [2.45, 2.75) is 38.6 Å². The fourth-order valence-electron chi connectivity index (χ4n) is 6.04. The topological polar surface area (TPSA) is 67.4 Å². The first-order valence-corrected chi connectivity index (χ1v) is 15.2. The van der Waals surface area contributed by atoms with Crippen LogP contribution in [-0.4, -0.2) is 57.9 Å². The quantitative estimate of drug-likeness (QED) is 0.267. The maximum Gasteiger partial charge on any atom is 0.185 e. The third-order valence-corrected chi connectivity index (χ3v) is 9.49. The number of carbonyl (C=O) groups is 1. The molecule has 0 saturated carbocycles. The van der Waals surface area contributed by atoms with Gasteiger partial charge in [-0.1, -0.05) is 49.5 Å². The number of hydrogen-bond acceptors (Lipinski definition) is 6. The second kappa shape index (κ2) is 11.2. The van der Waals surface area contributed by atoms with Crippen LogP contribution in [0.25, 0.3) is 22.0 Å². The van der Waals surface area contributed by atoms with E-state index in [4.69, 9.17) is 18.0 Å². The van der Waals surface area contributed by atoms with Gasteiger partial charge in [-0.2, -0.15) is 0 Å². The lowest BCUT2D eigenvalue weighted by Crippen LogP contribution is -2.49. The minimum absolute atomic E-state index is 0.216. The van der Waals surface area contributed by atoms with E-state index in [0.717, 1.165) is 68.2 Å². The number of Topliss-reactive ketones (excluding diaryl/α,β-unsaturated/α-hetero) is 1. The Labute approximate surface area is 239 Å². The molecule has 0 unspecified atom stereocenters. The highest BCUT2D eigenvalue weighted by Gasteiger charge is 2.30. The zero-order chi connectivity index (χ0) is 26.9. The van der Waals surface area contributed by atoms with Crippen LogP contribution < -0.4 is 10.6 Å². The number of thiazole rings is 1. The SMILES string of the molecule is CCN1CC(C(=O)CCc2ccc3c(-c4cccc(C(N)=S)c4)cn(C4CCN(c5nccs5)CC4)c3c2)C1. The molecule has 4 heterocycles. The number of carbonyl (C=O) groups excluding carboxylic acids is 1. The summed E-state index contributed by atoms with van der Waals surface area (Å²) in [6, 6.07) is 15.4. The predicted molar refractivity (Wildman–Crippen MR) is 165 cm³/mol. The molecule has 39 heavy (non-hydrogen) atoms. The van der Waals surface area contributed by atoms with Crippen molar-refractivity contribution in [3.05, 3.63) is 71.4 Å². The molecule has 2 fully saturated rings. The molecule has 202 valence electrons. The highest BCUT2D eigenvalue weighted by atomic mass is 32.1. The minimum Gasteiger partial charge on any atom is -0.389 e. The van der Waals surface area contributed by atoms with Crippen molar-refractivity contribution in [2.75, 3.05) is 37.6 Å². The van der Waals surface area contributed by atoms with Crippen molar-refractivity contribution in [3.8, 4) is 11.1 Å². The van der Waals surface area contributed by atoms with Gasteiger partial charge in [0.05, 0.1) is 0 Å². The van der Waals surface area contributed by atoms with Crippen molar-refractivity contribution < 1.29 is 4.79 Å². The van der Waals surface area contributed by atoms with Gasteiger partial charge in [0.15, 0.2) is 5.13 Å². The number of ketones is 1. The monoisotopic (exact) mass is 557 g/mol. The molecule has 6 rings (SSSR count). The van der Waals surface area contributed by atoms with Crippen LogP contribution in [0, 0.1) is 5.92 Å². The Bertz CT molecular complexity index is 1480. The minimum atomic E-state index is 0.216. The lowest BCUT2D eigenvalue weighted by molar-refractivity contribution is -0.127. The molecule has 0 aliphatic carbocycles. The van der Waals surface area contributed by atoms with Gasteiger partial charge in [-0.3, -0.25) is 4.79 Å². The summed E-state index contributed by atoms with van der Waals surface area (Å²) < 4.78 is 2.48. The van der Waals surface area contributed by atoms with Crippen molar-refractivity contribution in [1.82, 2.24) is 14.5 Å². The van der Waals surface area contributed by atoms with Gasteiger partial charge in [0.2, 0.25) is 0 Å². The number of piperidine rings is 1. The van der Waals surface area contributed by atoms with Crippen LogP contribution in [0.15, 0.2) is 60.2 Å². The Morgan fingerprint density at radius 2 is 1.97 bits per heavy atom. The molecular formula is C31H35N5OS2. The van der Waals surface area contributed by atoms with Crippen LogP contribution in [0.5, 0.6) is 0 Å². The number of hydrogen-bond donors (Lipinski definition) is 1. The molecule has 0 amide bonds. The van der Waals surface area contributed by atoms with Gasteiger partial charge in [0.25, 0.3) is 0 Å². The molecule has 8 heteroatoms. The number of nitrogens with zero attached hydrogens (tertiary/aromatic N) is 4. The number of thiocarbonyl (C=S) groups is 1. The van der Waals surface area contributed by atoms with Crippen molar-refractivity contribution in [1.29, 1.82) is 0 Å². The summed E-state index contributed by atoms with van der Waals surface area (Å²) in [6.45, 7) is 7.02. The van der Waals surface area contributed by atoms with E-state index in [2.05, 4.69) is 62.8 Å². The second-order valence-corrected chi connectivity index (χ2v) is 12.1. The highest BCUT2D eigenvalue weighted by molar-refractivity contribution is 7.80. The molecule has 0 atom stereocenters. The molecule has 0 radical (unpaired) electrons. The maximum atomic E-state index is 12.8. The first kappa shape index (κ1) is 26.2. The molecule has 2 aliphatic rings. The Hall–Kier alpha value is -3.07. The number of aryl methyl sites for hydroxylation is 1. The van der Waals surface area contributed by atoms with E-state index in [1.165, 1.54) is 22.0 Å². The summed E-state index contributed by atoms with van der Waals surface area (Å²) in [5, 5.41) is 4.39. The van der Waals surface area contributed by atoms with Crippen LogP contribution in [0.2, 0.25) is 0 Å². The number of aromatic nitrogens is 2. The molecule has 0 bridgehead atoms. The van der Waals surface area contributed by atoms with Crippen molar-refractivity contribution >= 4 is 50.4 Å². The van der Waals surface area contributed by atoms with Crippen LogP contribution in [-0.2, 0) is 11.2 Å². The summed E-state index contributed by atoms with van der Waals surface area (Å²) in [5.74, 6) is 0.619. The Morgan fingerprint density at radius 1 is 1.15 bits per heavy atom. The van der Waals surface area contributed by atoms with E-state index in [9.17, 15) is 4.79 Å². The third-order valence-electron chi connectivity index (χ3n) is 8.42. The van der Waals surface area contributed by atoms with Crippen LogP contribution >= 0.6 is 23.6 Å². The summed E-state index contributed by atoms with van der Waals surface area (Å²) >= 11 is 6.97. The molecule has 2 aromatic carbocycles. The predicted octanol–water partition coefficient (Wildman–Crippen LogP) is 5.69. The first-order chi connectivity index (χ1) is 19.0. The van der Waals surface area contributed by atoms with Crippen LogP contribution in [0.4, 0.5) is 5.13 Å². The van der Waals surface area contributed by atoms with Crippen molar-refractivity contribution in [2.24, 2.45) is 11.7 Å². The van der Waals surface area contributed by atoms with Gasteiger partial charge in [-0.15, -0.1) is 11.3 Å². The average Bonchev–Trinajstić information content (AvgIpc) is 3.60. The normalized spacial score (nSPS) is 17.0. The number of likely N-dealkylation sites (tertiary alicyclic amines) is 1. The number of anilines is 1. The van der Waals surface area contributed by atoms with Crippen molar-refractivity contribution in [3.63, 3.8) is 0 Å². The number of benzene rings is 2. The molecule has 0 spiro atoms. The first-order valence-electron chi connectivity index (χ1n) is 13.9. The molecule has 4 aromatic rings. The summed E-state index contributed by atoms with van der Waals surface area (Å²) in [7, 11) is 0. The van der Waals surface area contributed by atoms with E-state index in [0.29, 0.717) is 23.2 Å². The van der Waals surface area contributed by atoms with Gasteiger partial charge in [0.1, 0.15) is 10.8 Å². The Balaban J connectivity index is 1.29. The molecule has 6 nitrogen and oxygen atoms in total. The van der Waals surface area contributed by atoms with E-state index in [-0.39, 0.29) is 5.92 Å². The number of fused-ring (bicyclic) bond motifs is 1. The lowest BCUT2D eigenvalue weighted by atomic mass is 9.91. The molecular weight excluding hydrogens is 523 g/mol. The van der Waals surface area contributed by atoms with E-state index >= 15 is 0 Å². The fraction of sp³-hybridized carbons (Fsp3) is 0.387. The maximum absolute atomic E-state index is 12.8. The van der Waals surface area contributed by atoms with E-state index < -0.39 is 0 Å². The summed E-state index contributed by atoms with van der Waals surface area (Å²) in [6.07, 6.45) is 7.73. The highest BCUT2D eigenvalue weighted by Crippen LogP contribution is 2.37. The average molecular weight is 558 g/mol. The third kappa shape index (κ3) is 5.38. The fourth-order valence-corrected chi connectivity index (χ4v) is 6.86. The van der Waals surface area contributed by atoms with E-state index in [1.807, 2.05) is 23.7 Å². The number of nitrogens with two attached hydrogens (primary N) is 1. The zero-order valence-electron chi connectivity index (χ0n) is 22.4. The van der Waals surface area contributed by atoms with Gasteiger partial charge in [-0.25, -0.2) is 4.98 Å². The van der Waals surface area contributed by atoms with Gasteiger partial charge in [0, 0.05) is 84.4 Å². The summed E-state index contributed by atoms with van der Waals surface area (Å²) in [5.41, 5.74) is 11.6. The van der Waals surface area contributed by atoms with Crippen LogP contribution in [0.3, 0.4) is 0 Å². The van der Waals surface area contributed by atoms with Gasteiger partial charge >= 0.3 is 0 Å². The Morgan fingerprint density at radius 3 is 2.69 bits per heavy atom. The smallest absolute Gasteiger partial charge is 0.185 e. The molecule has 2 N–H and O–H groups in total. The zero-order valence-corrected chi connectivity index (χ0v) is 24.0. The van der Waals surface area contributed by atoms with E-state index in [1.54, 1.807) is 11.3 Å². The molecule has 2 aliphatic heterocycles. The number of rotatable bonds is 9. The second-order valence-electron chi connectivity index (χ2n) is 10.8. The largest absolute Gasteiger partial charge is 0.389 e. The summed E-state index contributed by atoms with van der Waals surface area (Å²) in [4.78, 5) is 22.4. The standard InChI is InChI=1S/C31H35N5OS2/c1-2-34-18-24(19-34)29(37)9-7-21-6-8-26-27(22-4-3-5-23(17-22)30(32)38)20-36(28(26)16-21)25-10-13-35(14-11-25)31-33-12-15-39-31/h3-6,8,12,15-17,20,24-25H,2,7,9-11,13-14,18-19H2,1H3,(H2,32,38). The molecule has 2 aromatic heterocycles. The van der Waals surface area contributed by atoms with Gasteiger partial charge < -0.3 is 20.1 Å². The molecule has 2 saturated heterocycles.